The van der Waals surface area contributed by atoms with Crippen LogP contribution in [0.4, 0.5) is 5.69 Å². The number of anilines is 1. The second-order valence-corrected chi connectivity index (χ2v) is 8.55. The van der Waals surface area contributed by atoms with Crippen molar-refractivity contribution in [2.45, 2.75) is 19.0 Å². The summed E-state index contributed by atoms with van der Waals surface area (Å²) in [5, 5.41) is 6.66. The van der Waals surface area contributed by atoms with E-state index < -0.39 is 11.9 Å². The van der Waals surface area contributed by atoms with Crippen molar-refractivity contribution in [1.82, 2.24) is 25.6 Å². The van der Waals surface area contributed by atoms with E-state index in [1.807, 2.05) is 24.3 Å². The van der Waals surface area contributed by atoms with Gasteiger partial charge in [0.05, 0.1) is 24.0 Å². The maximum absolute atomic E-state index is 13.4. The molecule has 3 aromatic heterocycles. The molecule has 0 radical (unpaired) electrons. The molecule has 0 saturated heterocycles. The number of para-hydroxylation sites is 1. The number of nitrogens with one attached hydrogen (secondary N) is 3. The summed E-state index contributed by atoms with van der Waals surface area (Å²) in [6.07, 6.45) is 3.51. The van der Waals surface area contributed by atoms with Crippen LogP contribution in [-0.4, -0.2) is 45.3 Å². The lowest BCUT2D eigenvalue weighted by molar-refractivity contribution is -0.125. The van der Waals surface area contributed by atoms with Gasteiger partial charge >= 0.3 is 0 Å². The van der Waals surface area contributed by atoms with E-state index in [0.717, 1.165) is 10.9 Å². The van der Waals surface area contributed by atoms with Crippen molar-refractivity contribution < 1.29 is 14.4 Å². The third kappa shape index (κ3) is 4.85. The van der Waals surface area contributed by atoms with E-state index in [2.05, 4.69) is 25.6 Å². The molecule has 1 aromatic carbocycles. The lowest BCUT2D eigenvalue weighted by Gasteiger charge is -2.34. The predicted molar refractivity (Wildman–Crippen MR) is 131 cm³/mol. The highest BCUT2D eigenvalue weighted by molar-refractivity contribution is 6.30. The van der Waals surface area contributed by atoms with E-state index in [-0.39, 0.29) is 30.6 Å². The topological polar surface area (TPSA) is 120 Å². The maximum atomic E-state index is 13.4. The van der Waals surface area contributed by atoms with Crippen LogP contribution in [0, 0.1) is 0 Å². The SMILES string of the molecule is O=C(CN1C(=O)C(NC(=O)c2cc3cc(Cl)ncc3[nH]2)Cc2ccccc21)NCc1ccccn1. The highest BCUT2D eigenvalue weighted by atomic mass is 35.5. The van der Waals surface area contributed by atoms with E-state index in [0.29, 0.717) is 28.5 Å². The Morgan fingerprint density at radius 3 is 2.77 bits per heavy atom. The van der Waals surface area contributed by atoms with Crippen LogP contribution in [-0.2, 0) is 22.6 Å². The molecule has 10 heteroatoms. The monoisotopic (exact) mass is 488 g/mol. The molecule has 0 bridgehead atoms. The van der Waals surface area contributed by atoms with Crippen LogP contribution in [0.1, 0.15) is 21.7 Å². The van der Waals surface area contributed by atoms with Crippen molar-refractivity contribution in [3.8, 4) is 0 Å². The van der Waals surface area contributed by atoms with Crippen LogP contribution in [0.15, 0.2) is 67.0 Å². The van der Waals surface area contributed by atoms with E-state index in [1.54, 1.807) is 42.7 Å². The van der Waals surface area contributed by atoms with Gasteiger partial charge in [-0.3, -0.25) is 19.4 Å². The molecule has 1 atom stereocenters. The molecule has 1 unspecified atom stereocenters. The lowest BCUT2D eigenvalue weighted by Crippen LogP contribution is -2.55. The zero-order valence-corrected chi connectivity index (χ0v) is 19.2. The molecule has 176 valence electrons. The number of rotatable bonds is 6. The van der Waals surface area contributed by atoms with Crippen molar-refractivity contribution >= 4 is 45.9 Å². The standard InChI is InChI=1S/C25H21ClN6O3/c26-22-11-16-10-18(30-20(16)13-28-22)24(34)31-19-9-15-5-1-2-7-21(15)32(25(19)35)14-23(33)29-12-17-6-3-4-8-27-17/h1-8,10-11,13,19,30H,9,12,14H2,(H,29,33)(H,31,34). The van der Waals surface area contributed by atoms with Crippen LogP contribution < -0.4 is 15.5 Å². The number of fused-ring (bicyclic) bond motifs is 2. The summed E-state index contributed by atoms with van der Waals surface area (Å²) in [5.41, 5.74) is 3.18. The van der Waals surface area contributed by atoms with Crippen LogP contribution in [0.2, 0.25) is 5.15 Å². The minimum atomic E-state index is -0.825. The Morgan fingerprint density at radius 2 is 1.94 bits per heavy atom. The molecule has 3 amide bonds. The molecule has 0 aliphatic carbocycles. The van der Waals surface area contributed by atoms with Crippen molar-refractivity contribution in [2.75, 3.05) is 11.4 Å². The first kappa shape index (κ1) is 22.5. The molecule has 35 heavy (non-hydrogen) atoms. The molecule has 0 saturated carbocycles. The van der Waals surface area contributed by atoms with Gasteiger partial charge in [0.1, 0.15) is 23.4 Å². The first-order valence-corrected chi connectivity index (χ1v) is 11.4. The number of benzene rings is 1. The summed E-state index contributed by atoms with van der Waals surface area (Å²) in [4.78, 5) is 51.6. The number of carbonyl (C=O) groups excluding carboxylic acids is 3. The Bertz CT molecular complexity index is 1420. The number of nitrogens with zero attached hydrogens (tertiary/aromatic N) is 3. The fourth-order valence-electron chi connectivity index (χ4n) is 4.09. The number of amides is 3. The van der Waals surface area contributed by atoms with Gasteiger partial charge in [-0.2, -0.15) is 0 Å². The maximum Gasteiger partial charge on any atom is 0.268 e. The average Bonchev–Trinajstić information content (AvgIpc) is 3.29. The number of aromatic nitrogens is 3. The molecule has 4 heterocycles. The molecular weight excluding hydrogens is 468 g/mol. The van der Waals surface area contributed by atoms with E-state index >= 15 is 0 Å². The Morgan fingerprint density at radius 1 is 1.11 bits per heavy atom. The van der Waals surface area contributed by atoms with Gasteiger partial charge in [0, 0.05) is 23.7 Å². The van der Waals surface area contributed by atoms with Crippen LogP contribution in [0.25, 0.3) is 10.9 Å². The lowest BCUT2D eigenvalue weighted by atomic mass is 9.97. The number of aromatic amines is 1. The van der Waals surface area contributed by atoms with Gasteiger partial charge in [-0.05, 0) is 35.9 Å². The van der Waals surface area contributed by atoms with Gasteiger partial charge in [-0.1, -0.05) is 35.9 Å². The fourth-order valence-corrected chi connectivity index (χ4v) is 4.26. The molecule has 3 N–H and O–H groups in total. The normalized spacial score (nSPS) is 15.1. The molecule has 9 nitrogen and oxygen atoms in total. The number of H-pyrrole nitrogens is 1. The number of carbonyl (C=O) groups is 3. The molecule has 1 aliphatic rings. The fraction of sp³-hybridized carbons (Fsp3) is 0.160. The molecule has 4 aromatic rings. The molecule has 5 rings (SSSR count). The summed E-state index contributed by atoms with van der Waals surface area (Å²) in [6.45, 7) is 0.0778. The first-order chi connectivity index (χ1) is 17.0. The highest BCUT2D eigenvalue weighted by Crippen LogP contribution is 2.28. The van der Waals surface area contributed by atoms with Gasteiger partial charge in [0.2, 0.25) is 11.8 Å². The Kier molecular flexibility index (Phi) is 6.15. The smallest absolute Gasteiger partial charge is 0.268 e. The number of halogens is 1. The van der Waals surface area contributed by atoms with Crippen molar-refractivity contribution in [1.29, 1.82) is 0 Å². The molecular formula is C25H21ClN6O3. The van der Waals surface area contributed by atoms with Crippen molar-refractivity contribution in [2.24, 2.45) is 0 Å². The summed E-state index contributed by atoms with van der Waals surface area (Å²) < 4.78 is 0. The summed E-state index contributed by atoms with van der Waals surface area (Å²) in [5.74, 6) is -1.12. The zero-order valence-electron chi connectivity index (χ0n) is 18.5. The van der Waals surface area contributed by atoms with E-state index in [1.165, 1.54) is 4.90 Å². The molecule has 1 aliphatic heterocycles. The highest BCUT2D eigenvalue weighted by Gasteiger charge is 2.35. The third-order valence-corrected chi connectivity index (χ3v) is 5.99. The summed E-state index contributed by atoms with van der Waals surface area (Å²) >= 11 is 5.93. The minimum Gasteiger partial charge on any atom is -0.349 e. The minimum absolute atomic E-state index is 0.175. The largest absolute Gasteiger partial charge is 0.349 e. The number of hydrogen-bond acceptors (Lipinski definition) is 5. The number of pyridine rings is 2. The van der Waals surface area contributed by atoms with Gasteiger partial charge < -0.3 is 20.5 Å². The van der Waals surface area contributed by atoms with Crippen LogP contribution in [0.3, 0.4) is 0 Å². The second-order valence-electron chi connectivity index (χ2n) is 8.16. The zero-order chi connectivity index (χ0) is 24.4. The average molecular weight is 489 g/mol. The Hall–Kier alpha value is -4.24. The third-order valence-electron chi connectivity index (χ3n) is 5.79. The summed E-state index contributed by atoms with van der Waals surface area (Å²) in [7, 11) is 0. The number of hydrogen-bond donors (Lipinski definition) is 3. The van der Waals surface area contributed by atoms with Gasteiger partial charge in [0.15, 0.2) is 0 Å². The quantitative estimate of drug-likeness (QED) is 0.360. The van der Waals surface area contributed by atoms with E-state index in [4.69, 9.17) is 11.6 Å². The Balaban J connectivity index is 1.32. The van der Waals surface area contributed by atoms with Crippen LogP contribution in [0.5, 0.6) is 0 Å². The second kappa shape index (κ2) is 9.55. The van der Waals surface area contributed by atoms with E-state index in [9.17, 15) is 14.4 Å². The van der Waals surface area contributed by atoms with Gasteiger partial charge in [-0.25, -0.2) is 4.98 Å². The molecule has 0 spiro atoms. The first-order valence-electron chi connectivity index (χ1n) is 11.0. The van der Waals surface area contributed by atoms with Crippen LogP contribution >= 0.6 is 11.6 Å². The van der Waals surface area contributed by atoms with Crippen molar-refractivity contribution in [3.63, 3.8) is 0 Å². The Labute approximate surface area is 205 Å². The van der Waals surface area contributed by atoms with Gasteiger partial charge in [-0.15, -0.1) is 0 Å². The van der Waals surface area contributed by atoms with Gasteiger partial charge in [0.25, 0.3) is 5.91 Å². The predicted octanol–water partition coefficient (Wildman–Crippen LogP) is 2.62. The van der Waals surface area contributed by atoms with Crippen molar-refractivity contribution in [3.05, 3.63) is 89.1 Å². The molecule has 0 fully saturated rings. The summed E-state index contributed by atoms with van der Waals surface area (Å²) in [6, 6.07) is 15.3.